The second kappa shape index (κ2) is 8.54. The standard InChI is InChI=1S/C17H21F3N6/c18-17(19,20)12-6-8-13(9-7-12)24-15-5-2-1-4-14(15)16(22)25-26(23)11-3-10-21/h1-2,4-9,24H,3,10-11,21,23H2,(H2,22,25). The van der Waals surface area contributed by atoms with Gasteiger partial charge in [0.05, 0.1) is 12.1 Å². The summed E-state index contributed by atoms with van der Waals surface area (Å²) >= 11 is 0. The van der Waals surface area contributed by atoms with Crippen LogP contribution in [-0.2, 0) is 6.18 Å². The minimum absolute atomic E-state index is 0.180. The highest BCUT2D eigenvalue weighted by Crippen LogP contribution is 2.30. The van der Waals surface area contributed by atoms with Gasteiger partial charge in [-0.05, 0) is 49.4 Å². The van der Waals surface area contributed by atoms with E-state index in [9.17, 15) is 13.2 Å². The van der Waals surface area contributed by atoms with Gasteiger partial charge < -0.3 is 16.8 Å². The third-order valence-electron chi connectivity index (χ3n) is 3.52. The number of hydrazone groups is 1. The highest BCUT2D eigenvalue weighted by molar-refractivity contribution is 6.02. The second-order valence-electron chi connectivity index (χ2n) is 5.54. The van der Waals surface area contributed by atoms with Crippen LogP contribution in [0.3, 0.4) is 0 Å². The minimum Gasteiger partial charge on any atom is -0.382 e. The molecule has 0 aliphatic carbocycles. The molecule has 0 saturated heterocycles. The van der Waals surface area contributed by atoms with Crippen LogP contribution < -0.4 is 22.6 Å². The Bertz CT molecular complexity index is 743. The number of hydrogen-bond acceptors (Lipinski definition) is 5. The van der Waals surface area contributed by atoms with E-state index in [0.717, 1.165) is 12.1 Å². The van der Waals surface area contributed by atoms with Gasteiger partial charge in [0.1, 0.15) is 0 Å². The van der Waals surface area contributed by atoms with E-state index in [2.05, 4.69) is 10.4 Å². The maximum Gasteiger partial charge on any atom is 0.416 e. The lowest BCUT2D eigenvalue weighted by molar-refractivity contribution is -0.137. The number of hydrogen-bond donors (Lipinski definition) is 4. The van der Waals surface area contributed by atoms with E-state index in [-0.39, 0.29) is 5.84 Å². The smallest absolute Gasteiger partial charge is 0.382 e. The maximum absolute atomic E-state index is 12.6. The van der Waals surface area contributed by atoms with Gasteiger partial charge in [-0.2, -0.15) is 13.2 Å². The van der Waals surface area contributed by atoms with Crippen molar-refractivity contribution in [2.75, 3.05) is 18.4 Å². The normalized spacial score (nSPS) is 12.1. The molecule has 6 nitrogen and oxygen atoms in total. The van der Waals surface area contributed by atoms with Gasteiger partial charge in [0.2, 0.25) is 0 Å². The summed E-state index contributed by atoms with van der Waals surface area (Å²) in [5.41, 5.74) is 12.4. The maximum atomic E-state index is 12.6. The highest BCUT2D eigenvalue weighted by atomic mass is 19.4. The summed E-state index contributed by atoms with van der Waals surface area (Å²) < 4.78 is 37.9. The summed E-state index contributed by atoms with van der Waals surface area (Å²) in [5.74, 6) is 5.92. The van der Waals surface area contributed by atoms with Crippen LogP contribution in [0.25, 0.3) is 0 Å². The van der Waals surface area contributed by atoms with Gasteiger partial charge in [-0.25, -0.2) is 11.0 Å². The van der Waals surface area contributed by atoms with E-state index in [1.807, 2.05) is 0 Å². The molecule has 0 heterocycles. The van der Waals surface area contributed by atoms with Crippen LogP contribution in [0, 0.1) is 0 Å². The first-order chi connectivity index (χ1) is 12.3. The minimum atomic E-state index is -4.37. The van der Waals surface area contributed by atoms with Crippen molar-refractivity contribution in [3.8, 4) is 0 Å². The van der Waals surface area contributed by atoms with Crippen molar-refractivity contribution >= 4 is 17.2 Å². The number of hydrazine groups is 1. The first kappa shape index (κ1) is 19.5. The molecule has 0 atom stereocenters. The zero-order chi connectivity index (χ0) is 19.2. The number of nitrogens with one attached hydrogen (secondary N) is 1. The highest BCUT2D eigenvalue weighted by Gasteiger charge is 2.29. The molecule has 2 aromatic carbocycles. The Labute approximate surface area is 149 Å². The number of amidine groups is 1. The quantitative estimate of drug-likeness (QED) is 0.261. The lowest BCUT2D eigenvalue weighted by Crippen LogP contribution is -2.31. The van der Waals surface area contributed by atoms with E-state index in [1.165, 1.54) is 17.3 Å². The Hall–Kier alpha value is -2.78. The lowest BCUT2D eigenvalue weighted by Gasteiger charge is -2.16. The molecule has 0 saturated carbocycles. The van der Waals surface area contributed by atoms with Crippen LogP contribution >= 0.6 is 0 Å². The van der Waals surface area contributed by atoms with Crippen LogP contribution in [-0.4, -0.2) is 24.0 Å². The number of anilines is 2. The summed E-state index contributed by atoms with van der Waals surface area (Å²) in [7, 11) is 0. The molecule has 0 aromatic heterocycles. The molecule has 7 N–H and O–H groups in total. The average Bonchev–Trinajstić information content (AvgIpc) is 2.60. The Kier molecular flexibility index (Phi) is 6.42. The van der Waals surface area contributed by atoms with Crippen molar-refractivity contribution < 1.29 is 13.2 Å². The number of nitrogens with two attached hydrogens (primary N) is 3. The average molecular weight is 366 g/mol. The molecule has 0 unspecified atom stereocenters. The van der Waals surface area contributed by atoms with Gasteiger partial charge in [0, 0.05) is 16.9 Å². The molecule has 0 radical (unpaired) electrons. The molecule has 2 aromatic rings. The van der Waals surface area contributed by atoms with Crippen LogP contribution in [0.1, 0.15) is 17.5 Å². The Morgan fingerprint density at radius 3 is 2.35 bits per heavy atom. The summed E-state index contributed by atoms with van der Waals surface area (Å²) in [5, 5.41) is 8.34. The first-order valence-corrected chi connectivity index (χ1v) is 7.91. The molecule has 0 aliphatic rings. The number of benzene rings is 2. The number of nitrogens with zero attached hydrogens (tertiary/aromatic N) is 2. The van der Waals surface area contributed by atoms with Gasteiger partial charge in [0.25, 0.3) is 0 Å². The lowest BCUT2D eigenvalue weighted by atomic mass is 10.1. The second-order valence-corrected chi connectivity index (χ2v) is 5.54. The van der Waals surface area contributed by atoms with Crippen LogP contribution in [0.15, 0.2) is 53.6 Å². The van der Waals surface area contributed by atoms with Crippen molar-refractivity contribution in [1.29, 1.82) is 0 Å². The molecule has 0 amide bonds. The van der Waals surface area contributed by atoms with Crippen molar-refractivity contribution in [2.24, 2.45) is 22.4 Å². The molecule has 2 rings (SSSR count). The van der Waals surface area contributed by atoms with E-state index in [4.69, 9.17) is 17.3 Å². The number of rotatable bonds is 7. The monoisotopic (exact) mass is 366 g/mol. The van der Waals surface area contributed by atoms with Crippen molar-refractivity contribution in [3.63, 3.8) is 0 Å². The zero-order valence-electron chi connectivity index (χ0n) is 14.0. The predicted molar refractivity (Wildman–Crippen MR) is 96.5 cm³/mol. The molecule has 9 heteroatoms. The van der Waals surface area contributed by atoms with E-state index in [0.29, 0.717) is 36.4 Å². The Morgan fingerprint density at radius 2 is 1.73 bits per heavy atom. The van der Waals surface area contributed by atoms with E-state index >= 15 is 0 Å². The van der Waals surface area contributed by atoms with Gasteiger partial charge in [-0.3, -0.25) is 0 Å². The summed E-state index contributed by atoms with van der Waals surface area (Å²) in [4.78, 5) is 0. The predicted octanol–water partition coefficient (Wildman–Crippen LogP) is 2.59. The molecule has 0 aliphatic heterocycles. The summed E-state index contributed by atoms with van der Waals surface area (Å²) in [6, 6.07) is 11.8. The molecule has 26 heavy (non-hydrogen) atoms. The fraction of sp³-hybridized carbons (Fsp3) is 0.235. The topological polar surface area (TPSA) is 106 Å². The van der Waals surface area contributed by atoms with Crippen LogP contribution in [0.5, 0.6) is 0 Å². The molecule has 140 valence electrons. The fourth-order valence-corrected chi connectivity index (χ4v) is 2.21. The number of halogens is 3. The molecule has 0 spiro atoms. The first-order valence-electron chi connectivity index (χ1n) is 7.91. The Balaban J connectivity index is 2.20. The van der Waals surface area contributed by atoms with Crippen molar-refractivity contribution in [2.45, 2.75) is 12.6 Å². The van der Waals surface area contributed by atoms with Crippen molar-refractivity contribution in [3.05, 3.63) is 59.7 Å². The molecular weight excluding hydrogens is 345 g/mol. The zero-order valence-corrected chi connectivity index (χ0v) is 14.0. The molecule has 0 bridgehead atoms. The van der Waals surface area contributed by atoms with Gasteiger partial charge >= 0.3 is 6.18 Å². The van der Waals surface area contributed by atoms with Crippen molar-refractivity contribution in [1.82, 2.24) is 5.12 Å². The fourth-order valence-electron chi connectivity index (χ4n) is 2.21. The van der Waals surface area contributed by atoms with Crippen LogP contribution in [0.2, 0.25) is 0 Å². The summed E-state index contributed by atoms with van der Waals surface area (Å²) in [6.07, 6.45) is -3.71. The van der Waals surface area contributed by atoms with E-state index in [1.54, 1.807) is 24.3 Å². The van der Waals surface area contributed by atoms with Gasteiger partial charge in [-0.15, -0.1) is 5.10 Å². The largest absolute Gasteiger partial charge is 0.416 e. The third kappa shape index (κ3) is 5.36. The van der Waals surface area contributed by atoms with Gasteiger partial charge in [-0.1, -0.05) is 12.1 Å². The SMILES string of the molecule is NCCCN(N)/N=C(\N)c1ccccc1Nc1ccc(C(F)(F)F)cc1. The Morgan fingerprint density at radius 1 is 1.08 bits per heavy atom. The summed E-state index contributed by atoms with van der Waals surface area (Å²) in [6.45, 7) is 0.931. The van der Waals surface area contributed by atoms with E-state index < -0.39 is 11.7 Å². The molecular formula is C17H21F3N6. The van der Waals surface area contributed by atoms with Crippen LogP contribution in [0.4, 0.5) is 24.5 Å². The third-order valence-corrected chi connectivity index (χ3v) is 3.52. The number of alkyl halides is 3. The van der Waals surface area contributed by atoms with Gasteiger partial charge in [0.15, 0.2) is 5.84 Å². The number of para-hydroxylation sites is 1. The molecule has 0 fully saturated rings.